The summed E-state index contributed by atoms with van der Waals surface area (Å²) in [5.74, 6) is 0.464. The minimum absolute atomic E-state index is 0.107. The molecule has 0 spiro atoms. The van der Waals surface area contributed by atoms with Crippen LogP contribution in [0.3, 0.4) is 0 Å². The number of rotatable bonds is 3. The summed E-state index contributed by atoms with van der Waals surface area (Å²) in [5, 5.41) is 1.85. The van der Waals surface area contributed by atoms with E-state index in [1.54, 1.807) is 13.0 Å². The Morgan fingerprint density at radius 1 is 1.19 bits per heavy atom. The van der Waals surface area contributed by atoms with E-state index in [1.165, 1.54) is 0 Å². The van der Waals surface area contributed by atoms with Gasteiger partial charge in [-0.25, -0.2) is 4.57 Å². The molecule has 0 fully saturated rings. The standard InChI is InChI=1S/C12H13O3P/c1-2-16(13,14)15-12-9-5-7-10-6-3-4-8-11(10)12/h3-9H,2H2,1H3,(H,13,14). The normalized spacial score (nSPS) is 14.6. The van der Waals surface area contributed by atoms with E-state index in [-0.39, 0.29) is 6.16 Å². The van der Waals surface area contributed by atoms with Crippen molar-refractivity contribution >= 4 is 18.4 Å². The maximum atomic E-state index is 11.5. The molecule has 0 bridgehead atoms. The molecule has 2 aromatic carbocycles. The Balaban J connectivity index is 2.49. The average Bonchev–Trinajstić information content (AvgIpc) is 2.29. The van der Waals surface area contributed by atoms with Gasteiger partial charge in [0.1, 0.15) is 5.75 Å². The van der Waals surface area contributed by atoms with Crippen molar-refractivity contribution in [3.05, 3.63) is 42.5 Å². The Hall–Kier alpha value is -1.31. The second-order valence-corrected chi connectivity index (χ2v) is 5.61. The van der Waals surface area contributed by atoms with Gasteiger partial charge in [0, 0.05) is 5.39 Å². The lowest BCUT2D eigenvalue weighted by atomic mass is 10.1. The highest BCUT2D eigenvalue weighted by atomic mass is 31.2. The van der Waals surface area contributed by atoms with Crippen molar-refractivity contribution in [1.29, 1.82) is 0 Å². The monoisotopic (exact) mass is 236 g/mol. The third-order valence-electron chi connectivity index (χ3n) is 2.39. The summed E-state index contributed by atoms with van der Waals surface area (Å²) >= 11 is 0. The van der Waals surface area contributed by atoms with Crippen molar-refractivity contribution in [3.8, 4) is 5.75 Å². The van der Waals surface area contributed by atoms with Gasteiger partial charge in [0.2, 0.25) is 0 Å². The van der Waals surface area contributed by atoms with Crippen LogP contribution < -0.4 is 4.52 Å². The van der Waals surface area contributed by atoms with E-state index in [9.17, 15) is 9.46 Å². The highest BCUT2D eigenvalue weighted by molar-refractivity contribution is 7.53. The lowest BCUT2D eigenvalue weighted by Gasteiger charge is -2.13. The van der Waals surface area contributed by atoms with E-state index in [4.69, 9.17) is 4.52 Å². The molecule has 4 heteroatoms. The number of fused-ring (bicyclic) bond motifs is 1. The molecular weight excluding hydrogens is 223 g/mol. The predicted octanol–water partition coefficient (Wildman–Crippen LogP) is 3.42. The van der Waals surface area contributed by atoms with Gasteiger partial charge in [-0.2, -0.15) is 0 Å². The molecule has 0 saturated heterocycles. The first kappa shape index (κ1) is 11.2. The topological polar surface area (TPSA) is 46.5 Å². The molecule has 3 nitrogen and oxygen atoms in total. The maximum absolute atomic E-state index is 11.5. The first-order chi connectivity index (χ1) is 7.62. The van der Waals surface area contributed by atoms with Crippen LogP contribution in [0.5, 0.6) is 5.75 Å². The Labute approximate surface area is 94.2 Å². The number of hydrogen-bond donors (Lipinski definition) is 1. The zero-order valence-electron chi connectivity index (χ0n) is 8.96. The fraction of sp³-hybridized carbons (Fsp3) is 0.167. The molecule has 16 heavy (non-hydrogen) atoms. The van der Waals surface area contributed by atoms with Gasteiger partial charge in [-0.15, -0.1) is 0 Å². The molecule has 0 heterocycles. The summed E-state index contributed by atoms with van der Waals surface area (Å²) in [6.07, 6.45) is 0.107. The van der Waals surface area contributed by atoms with E-state index in [0.717, 1.165) is 10.8 Å². The van der Waals surface area contributed by atoms with Crippen molar-refractivity contribution in [1.82, 2.24) is 0 Å². The molecule has 0 aliphatic carbocycles. The van der Waals surface area contributed by atoms with Gasteiger partial charge in [0.25, 0.3) is 0 Å². The minimum Gasteiger partial charge on any atom is -0.424 e. The fourth-order valence-electron chi connectivity index (χ4n) is 1.49. The quantitative estimate of drug-likeness (QED) is 0.830. The van der Waals surface area contributed by atoms with Crippen LogP contribution in [0.25, 0.3) is 10.8 Å². The molecule has 1 atom stereocenters. The summed E-state index contributed by atoms with van der Waals surface area (Å²) in [7, 11) is -3.50. The smallest absolute Gasteiger partial charge is 0.376 e. The van der Waals surface area contributed by atoms with Crippen molar-refractivity contribution in [2.24, 2.45) is 0 Å². The van der Waals surface area contributed by atoms with Gasteiger partial charge in [0.05, 0.1) is 6.16 Å². The lowest BCUT2D eigenvalue weighted by molar-refractivity contribution is 0.383. The second-order valence-electron chi connectivity index (χ2n) is 3.52. The number of benzene rings is 2. The summed E-state index contributed by atoms with van der Waals surface area (Å²) in [4.78, 5) is 9.47. The van der Waals surface area contributed by atoms with Crippen LogP contribution in [-0.2, 0) is 4.57 Å². The van der Waals surface area contributed by atoms with Crippen LogP contribution in [0, 0.1) is 0 Å². The van der Waals surface area contributed by atoms with Crippen molar-refractivity contribution in [2.45, 2.75) is 6.92 Å². The molecule has 0 aliphatic heterocycles. The Kier molecular flexibility index (Phi) is 2.99. The molecule has 0 saturated carbocycles. The minimum atomic E-state index is -3.50. The third kappa shape index (κ3) is 2.26. The van der Waals surface area contributed by atoms with Gasteiger partial charge < -0.3 is 9.42 Å². The van der Waals surface area contributed by atoms with Gasteiger partial charge in [0.15, 0.2) is 0 Å². The Morgan fingerprint density at radius 2 is 1.88 bits per heavy atom. The molecule has 2 aromatic rings. The van der Waals surface area contributed by atoms with Crippen molar-refractivity contribution in [3.63, 3.8) is 0 Å². The molecule has 0 amide bonds. The molecule has 84 valence electrons. The third-order valence-corrected chi connectivity index (χ3v) is 3.67. The molecule has 0 aliphatic rings. The SMILES string of the molecule is CCP(=O)(O)Oc1cccc2ccccc12. The summed E-state index contributed by atoms with van der Waals surface area (Å²) in [5.41, 5.74) is 0. The van der Waals surface area contributed by atoms with Crippen molar-refractivity contribution in [2.75, 3.05) is 6.16 Å². The largest absolute Gasteiger partial charge is 0.424 e. The molecule has 1 N–H and O–H groups in total. The van der Waals surface area contributed by atoms with Gasteiger partial charge in [-0.05, 0) is 11.5 Å². The first-order valence-corrected chi connectivity index (χ1v) is 6.88. The zero-order valence-corrected chi connectivity index (χ0v) is 9.85. The van der Waals surface area contributed by atoms with E-state index in [0.29, 0.717) is 5.75 Å². The molecule has 0 aromatic heterocycles. The van der Waals surface area contributed by atoms with Gasteiger partial charge in [-0.3, -0.25) is 0 Å². The van der Waals surface area contributed by atoms with Gasteiger partial charge >= 0.3 is 7.60 Å². The van der Waals surface area contributed by atoms with Gasteiger partial charge in [-0.1, -0.05) is 43.3 Å². The molecule has 1 unspecified atom stereocenters. The summed E-state index contributed by atoms with van der Waals surface area (Å²) in [6, 6.07) is 13.1. The van der Waals surface area contributed by atoms with E-state index >= 15 is 0 Å². The summed E-state index contributed by atoms with van der Waals surface area (Å²) < 4.78 is 16.7. The first-order valence-electron chi connectivity index (χ1n) is 5.11. The fourth-order valence-corrected chi connectivity index (χ4v) is 2.09. The maximum Gasteiger partial charge on any atom is 0.376 e. The average molecular weight is 236 g/mol. The Bertz CT molecular complexity index is 545. The van der Waals surface area contributed by atoms with Crippen LogP contribution in [0.15, 0.2) is 42.5 Å². The molecule has 2 rings (SSSR count). The van der Waals surface area contributed by atoms with Crippen LogP contribution in [0.2, 0.25) is 0 Å². The predicted molar refractivity (Wildman–Crippen MR) is 64.9 cm³/mol. The van der Waals surface area contributed by atoms with E-state index in [1.807, 2.05) is 36.4 Å². The van der Waals surface area contributed by atoms with Crippen LogP contribution in [-0.4, -0.2) is 11.1 Å². The highest BCUT2D eigenvalue weighted by Gasteiger charge is 2.18. The zero-order chi connectivity index (χ0) is 11.6. The van der Waals surface area contributed by atoms with Crippen LogP contribution in [0.1, 0.15) is 6.92 Å². The number of hydrogen-bond acceptors (Lipinski definition) is 2. The highest BCUT2D eigenvalue weighted by Crippen LogP contribution is 2.43. The lowest BCUT2D eigenvalue weighted by Crippen LogP contribution is -1.94. The van der Waals surface area contributed by atoms with Crippen molar-refractivity contribution < 1.29 is 14.0 Å². The van der Waals surface area contributed by atoms with Crippen LogP contribution in [0.4, 0.5) is 0 Å². The van der Waals surface area contributed by atoms with Crippen LogP contribution >= 0.6 is 7.60 Å². The second kappa shape index (κ2) is 4.28. The van der Waals surface area contributed by atoms with E-state index < -0.39 is 7.60 Å². The molecular formula is C12H13O3P. The summed E-state index contributed by atoms with van der Waals surface area (Å²) in [6.45, 7) is 1.63. The van der Waals surface area contributed by atoms with E-state index in [2.05, 4.69) is 0 Å². The molecule has 0 radical (unpaired) electrons. The Morgan fingerprint density at radius 3 is 2.62 bits per heavy atom.